The summed E-state index contributed by atoms with van der Waals surface area (Å²) in [5.41, 5.74) is 4.18. The second-order valence-electron chi connectivity index (χ2n) is 4.21. The Morgan fingerprint density at radius 2 is 1.94 bits per heavy atom. The number of nitrogens with one attached hydrogen (secondary N) is 1. The maximum atomic E-state index is 5.58. The van der Waals surface area contributed by atoms with Gasteiger partial charge in [0, 0.05) is 6.04 Å². The first-order valence-corrected chi connectivity index (χ1v) is 5.80. The molecule has 3 N–H and O–H groups in total. The molecule has 1 aromatic rings. The molecule has 0 aliphatic rings. The standard InChI is InChI=1S/C13H22N2O/c1-4-10(2)13(15-14)9-11-5-7-12(16-3)8-6-11/h5-8,10,13,15H,4,9,14H2,1-3H3. The lowest BCUT2D eigenvalue weighted by Crippen LogP contribution is -2.41. The first-order chi connectivity index (χ1) is 7.71. The highest BCUT2D eigenvalue weighted by molar-refractivity contribution is 5.27. The third kappa shape index (κ3) is 3.51. The van der Waals surface area contributed by atoms with E-state index in [2.05, 4.69) is 31.4 Å². The van der Waals surface area contributed by atoms with Gasteiger partial charge in [0.25, 0.3) is 0 Å². The van der Waals surface area contributed by atoms with E-state index in [1.165, 1.54) is 5.56 Å². The molecule has 2 unspecified atom stereocenters. The summed E-state index contributed by atoms with van der Waals surface area (Å²) in [7, 11) is 1.68. The van der Waals surface area contributed by atoms with Gasteiger partial charge in [0.05, 0.1) is 7.11 Å². The number of benzene rings is 1. The lowest BCUT2D eigenvalue weighted by molar-refractivity contribution is 0.369. The normalized spacial score (nSPS) is 14.5. The van der Waals surface area contributed by atoms with Crippen LogP contribution >= 0.6 is 0 Å². The number of hydrogen-bond donors (Lipinski definition) is 2. The summed E-state index contributed by atoms with van der Waals surface area (Å²) in [5.74, 6) is 7.05. The maximum absolute atomic E-state index is 5.58. The predicted octanol–water partition coefficient (Wildman–Crippen LogP) is 2.12. The molecule has 1 rings (SSSR count). The molecule has 90 valence electrons. The molecule has 2 atom stereocenters. The van der Waals surface area contributed by atoms with E-state index >= 15 is 0 Å². The van der Waals surface area contributed by atoms with E-state index < -0.39 is 0 Å². The van der Waals surface area contributed by atoms with Crippen molar-refractivity contribution in [3.63, 3.8) is 0 Å². The number of hydrazine groups is 1. The third-order valence-corrected chi connectivity index (χ3v) is 3.16. The van der Waals surface area contributed by atoms with Crippen LogP contribution in [0.15, 0.2) is 24.3 Å². The molecule has 0 bridgehead atoms. The largest absolute Gasteiger partial charge is 0.497 e. The zero-order valence-electron chi connectivity index (χ0n) is 10.4. The molecule has 0 spiro atoms. The monoisotopic (exact) mass is 222 g/mol. The van der Waals surface area contributed by atoms with Crippen molar-refractivity contribution in [2.24, 2.45) is 11.8 Å². The Morgan fingerprint density at radius 1 is 1.31 bits per heavy atom. The lowest BCUT2D eigenvalue weighted by Gasteiger charge is -2.22. The van der Waals surface area contributed by atoms with Crippen LogP contribution in [0.4, 0.5) is 0 Å². The smallest absolute Gasteiger partial charge is 0.118 e. The van der Waals surface area contributed by atoms with Gasteiger partial charge in [0.1, 0.15) is 5.75 Å². The molecule has 16 heavy (non-hydrogen) atoms. The van der Waals surface area contributed by atoms with Crippen molar-refractivity contribution in [3.05, 3.63) is 29.8 Å². The van der Waals surface area contributed by atoms with E-state index in [9.17, 15) is 0 Å². The summed E-state index contributed by atoms with van der Waals surface area (Å²) in [5, 5.41) is 0. The van der Waals surface area contributed by atoms with Gasteiger partial charge in [0.15, 0.2) is 0 Å². The Balaban J connectivity index is 2.63. The quantitative estimate of drug-likeness (QED) is 0.572. The molecule has 0 heterocycles. The fourth-order valence-corrected chi connectivity index (χ4v) is 1.72. The summed E-state index contributed by atoms with van der Waals surface area (Å²) in [6.07, 6.45) is 2.08. The number of nitrogens with two attached hydrogens (primary N) is 1. The number of rotatable bonds is 6. The highest BCUT2D eigenvalue weighted by atomic mass is 16.5. The van der Waals surface area contributed by atoms with Crippen LogP contribution in [0.25, 0.3) is 0 Å². The van der Waals surface area contributed by atoms with Crippen molar-refractivity contribution >= 4 is 0 Å². The Morgan fingerprint density at radius 3 is 2.38 bits per heavy atom. The van der Waals surface area contributed by atoms with Gasteiger partial charge in [-0.2, -0.15) is 0 Å². The minimum absolute atomic E-state index is 0.332. The van der Waals surface area contributed by atoms with E-state index in [-0.39, 0.29) is 0 Å². The summed E-state index contributed by atoms with van der Waals surface area (Å²) in [6, 6.07) is 8.48. The van der Waals surface area contributed by atoms with Crippen molar-refractivity contribution in [1.29, 1.82) is 0 Å². The van der Waals surface area contributed by atoms with Crippen molar-refractivity contribution in [3.8, 4) is 5.75 Å². The first kappa shape index (κ1) is 13.0. The van der Waals surface area contributed by atoms with E-state index in [0.717, 1.165) is 18.6 Å². The van der Waals surface area contributed by atoms with E-state index in [4.69, 9.17) is 10.6 Å². The topological polar surface area (TPSA) is 47.3 Å². The molecule has 0 amide bonds. The fraction of sp³-hybridized carbons (Fsp3) is 0.538. The molecule has 0 saturated carbocycles. The van der Waals surface area contributed by atoms with Crippen molar-refractivity contribution < 1.29 is 4.74 Å². The second-order valence-corrected chi connectivity index (χ2v) is 4.21. The van der Waals surface area contributed by atoms with E-state index in [1.54, 1.807) is 7.11 Å². The zero-order chi connectivity index (χ0) is 12.0. The van der Waals surface area contributed by atoms with Gasteiger partial charge >= 0.3 is 0 Å². The van der Waals surface area contributed by atoms with Crippen LogP contribution in [0.2, 0.25) is 0 Å². The average Bonchev–Trinajstić information content (AvgIpc) is 2.35. The van der Waals surface area contributed by atoms with Crippen molar-refractivity contribution in [2.75, 3.05) is 7.11 Å². The molecule has 0 aliphatic heterocycles. The molecule has 0 saturated heterocycles. The number of methoxy groups -OCH3 is 1. The van der Waals surface area contributed by atoms with Crippen LogP contribution < -0.4 is 16.0 Å². The lowest BCUT2D eigenvalue weighted by atomic mass is 9.93. The molecular weight excluding hydrogens is 200 g/mol. The van der Waals surface area contributed by atoms with Crippen LogP contribution in [0.3, 0.4) is 0 Å². The molecule has 3 heteroatoms. The van der Waals surface area contributed by atoms with E-state index in [1.807, 2.05) is 12.1 Å². The van der Waals surface area contributed by atoms with E-state index in [0.29, 0.717) is 12.0 Å². The zero-order valence-corrected chi connectivity index (χ0v) is 10.4. The van der Waals surface area contributed by atoms with Gasteiger partial charge in [-0.1, -0.05) is 32.4 Å². The minimum atomic E-state index is 0.332. The van der Waals surface area contributed by atoms with Crippen LogP contribution in [0.1, 0.15) is 25.8 Å². The fourth-order valence-electron chi connectivity index (χ4n) is 1.72. The Bertz CT molecular complexity index is 297. The second kappa shape index (κ2) is 6.51. The Hall–Kier alpha value is -1.06. The van der Waals surface area contributed by atoms with Gasteiger partial charge in [-0.15, -0.1) is 0 Å². The van der Waals surface area contributed by atoms with Gasteiger partial charge < -0.3 is 4.74 Å². The highest BCUT2D eigenvalue weighted by Crippen LogP contribution is 2.16. The van der Waals surface area contributed by atoms with Crippen LogP contribution in [0, 0.1) is 5.92 Å². The van der Waals surface area contributed by atoms with Gasteiger partial charge in [0.2, 0.25) is 0 Å². The van der Waals surface area contributed by atoms with Crippen molar-refractivity contribution in [2.45, 2.75) is 32.7 Å². The van der Waals surface area contributed by atoms with Gasteiger partial charge in [-0.3, -0.25) is 11.3 Å². The highest BCUT2D eigenvalue weighted by Gasteiger charge is 2.14. The molecule has 0 radical (unpaired) electrons. The Kier molecular flexibility index (Phi) is 5.29. The molecule has 0 aliphatic carbocycles. The first-order valence-electron chi connectivity index (χ1n) is 5.80. The molecule has 0 fully saturated rings. The minimum Gasteiger partial charge on any atom is -0.497 e. The van der Waals surface area contributed by atoms with Gasteiger partial charge in [-0.25, -0.2) is 0 Å². The summed E-state index contributed by atoms with van der Waals surface area (Å²) in [6.45, 7) is 4.40. The summed E-state index contributed by atoms with van der Waals surface area (Å²) in [4.78, 5) is 0. The average molecular weight is 222 g/mol. The predicted molar refractivity (Wildman–Crippen MR) is 67.3 cm³/mol. The molecular formula is C13H22N2O. The third-order valence-electron chi connectivity index (χ3n) is 3.16. The molecule has 1 aromatic carbocycles. The van der Waals surface area contributed by atoms with Crippen LogP contribution in [-0.4, -0.2) is 13.2 Å². The maximum Gasteiger partial charge on any atom is 0.118 e. The SMILES string of the molecule is CCC(C)C(Cc1ccc(OC)cc1)NN. The number of ether oxygens (including phenoxy) is 1. The summed E-state index contributed by atoms with van der Waals surface area (Å²) >= 11 is 0. The van der Waals surface area contributed by atoms with Crippen LogP contribution in [-0.2, 0) is 6.42 Å². The molecule has 0 aromatic heterocycles. The van der Waals surface area contributed by atoms with Gasteiger partial charge in [-0.05, 0) is 30.0 Å². The Labute approximate surface area is 98.0 Å². The number of hydrogen-bond acceptors (Lipinski definition) is 3. The van der Waals surface area contributed by atoms with Crippen LogP contribution in [0.5, 0.6) is 5.75 Å². The molecule has 3 nitrogen and oxygen atoms in total. The van der Waals surface area contributed by atoms with Crippen molar-refractivity contribution in [1.82, 2.24) is 5.43 Å². The summed E-state index contributed by atoms with van der Waals surface area (Å²) < 4.78 is 5.13.